The van der Waals surface area contributed by atoms with Crippen molar-refractivity contribution in [1.82, 2.24) is 5.32 Å². The van der Waals surface area contributed by atoms with Crippen LogP contribution in [0.4, 0.5) is 8.78 Å². The van der Waals surface area contributed by atoms with Crippen LogP contribution in [0.25, 0.3) is 0 Å². The highest BCUT2D eigenvalue weighted by Gasteiger charge is 2.40. The van der Waals surface area contributed by atoms with E-state index in [1.54, 1.807) is 7.05 Å². The zero-order chi connectivity index (χ0) is 22.0. The number of benzene rings is 1. The van der Waals surface area contributed by atoms with Gasteiger partial charge in [0.1, 0.15) is 0 Å². The predicted octanol–water partition coefficient (Wildman–Crippen LogP) is 4.03. The Kier molecular flexibility index (Phi) is 9.66. The van der Waals surface area contributed by atoms with Gasteiger partial charge < -0.3 is 15.5 Å². The van der Waals surface area contributed by atoms with Crippen molar-refractivity contribution < 1.29 is 23.8 Å². The highest BCUT2D eigenvalue weighted by Crippen LogP contribution is 2.37. The van der Waals surface area contributed by atoms with Crippen molar-refractivity contribution in [3.05, 3.63) is 60.2 Å². The zero-order valence-electron chi connectivity index (χ0n) is 17.5. The Hall–Kier alpha value is -2.05. The van der Waals surface area contributed by atoms with Crippen molar-refractivity contribution in [1.29, 1.82) is 0 Å². The fourth-order valence-corrected chi connectivity index (χ4v) is 3.87. The minimum Gasteiger partial charge on any atom is -0.393 e. The number of carbonyl (C=O) groups is 1. The van der Waals surface area contributed by atoms with Gasteiger partial charge in [0, 0.05) is 32.2 Å². The van der Waals surface area contributed by atoms with Crippen LogP contribution in [0.2, 0.25) is 0 Å². The predicted molar refractivity (Wildman–Crippen MR) is 114 cm³/mol. The van der Waals surface area contributed by atoms with Crippen molar-refractivity contribution >= 4 is 5.91 Å². The molecule has 4 unspecified atom stereocenters. The first-order chi connectivity index (χ1) is 14.3. The van der Waals surface area contributed by atoms with Crippen molar-refractivity contribution in [2.75, 3.05) is 7.05 Å². The van der Waals surface area contributed by atoms with Gasteiger partial charge in [-0.1, -0.05) is 48.6 Å². The Morgan fingerprint density at radius 1 is 1.20 bits per heavy atom. The molecule has 1 amide bonds. The number of carbonyl (C=O) groups excluding carboxylic acids is 1. The van der Waals surface area contributed by atoms with Gasteiger partial charge in [-0.15, -0.1) is 0 Å². The molecule has 166 valence electrons. The maximum absolute atomic E-state index is 14.3. The number of halogens is 2. The Morgan fingerprint density at radius 2 is 1.93 bits per heavy atom. The summed E-state index contributed by atoms with van der Waals surface area (Å²) in [5, 5.41) is 23.1. The van der Waals surface area contributed by atoms with Crippen LogP contribution in [-0.4, -0.2) is 41.3 Å². The van der Waals surface area contributed by atoms with Gasteiger partial charge in [0.2, 0.25) is 5.91 Å². The lowest BCUT2D eigenvalue weighted by molar-refractivity contribution is -0.120. The molecule has 0 aliphatic heterocycles. The molecule has 0 bridgehead atoms. The molecule has 3 N–H and O–H groups in total. The molecule has 6 heteroatoms. The summed E-state index contributed by atoms with van der Waals surface area (Å²) < 4.78 is 28.6. The highest BCUT2D eigenvalue weighted by atomic mass is 19.3. The number of unbranched alkanes of at least 4 members (excludes halogenated alkanes) is 1. The van der Waals surface area contributed by atoms with Gasteiger partial charge in [-0.25, -0.2) is 8.78 Å². The Balaban J connectivity index is 1.87. The molecule has 1 aliphatic carbocycles. The van der Waals surface area contributed by atoms with E-state index in [9.17, 15) is 23.8 Å². The molecule has 4 atom stereocenters. The lowest BCUT2D eigenvalue weighted by Gasteiger charge is -2.20. The fraction of sp³-hybridized carbons (Fsp3) is 0.542. The number of nitrogens with one attached hydrogen (secondary N) is 1. The van der Waals surface area contributed by atoms with E-state index in [2.05, 4.69) is 5.32 Å². The summed E-state index contributed by atoms with van der Waals surface area (Å²) in [5.41, 5.74) is 0.862. The van der Waals surface area contributed by atoms with E-state index in [-0.39, 0.29) is 31.1 Å². The average Bonchev–Trinajstić information content (AvgIpc) is 3.00. The third kappa shape index (κ3) is 8.00. The summed E-state index contributed by atoms with van der Waals surface area (Å²) in [6.45, 7) is 0. The quantitative estimate of drug-likeness (QED) is 0.373. The Bertz CT molecular complexity index is 706. The van der Waals surface area contributed by atoms with Crippen LogP contribution in [0.3, 0.4) is 0 Å². The normalized spacial score (nSPS) is 24.7. The van der Waals surface area contributed by atoms with Crippen molar-refractivity contribution in [2.45, 2.75) is 63.1 Å². The van der Waals surface area contributed by atoms with Gasteiger partial charge in [-0.2, -0.15) is 0 Å². The van der Waals surface area contributed by atoms with E-state index in [4.69, 9.17) is 0 Å². The zero-order valence-corrected chi connectivity index (χ0v) is 17.5. The summed E-state index contributed by atoms with van der Waals surface area (Å²) in [6, 6.07) is 9.17. The molecule has 0 radical (unpaired) electrons. The van der Waals surface area contributed by atoms with Crippen LogP contribution in [0.1, 0.15) is 44.1 Å². The molecule has 1 saturated carbocycles. The molecule has 1 fully saturated rings. The number of rotatable bonds is 11. The van der Waals surface area contributed by atoms with Crippen LogP contribution >= 0.6 is 0 Å². The molecule has 0 saturated heterocycles. The third-order valence-electron chi connectivity index (χ3n) is 5.70. The van der Waals surface area contributed by atoms with Crippen LogP contribution in [0.5, 0.6) is 0 Å². The second-order valence-corrected chi connectivity index (χ2v) is 7.99. The van der Waals surface area contributed by atoms with E-state index < -0.39 is 24.0 Å². The molecule has 1 aromatic rings. The maximum atomic E-state index is 14.3. The monoisotopic (exact) mass is 421 g/mol. The molecule has 0 aromatic heterocycles. The smallest absolute Gasteiger partial charge is 0.266 e. The molecule has 2 rings (SSSR count). The fourth-order valence-electron chi connectivity index (χ4n) is 3.87. The molecule has 0 heterocycles. The SMILES string of the molecule is CNC(=O)CCCC=CCC1C(O)CC(O)C1C=CC(F)(F)CCc1ccccc1. The summed E-state index contributed by atoms with van der Waals surface area (Å²) >= 11 is 0. The Morgan fingerprint density at radius 3 is 2.63 bits per heavy atom. The molecule has 4 nitrogen and oxygen atoms in total. The highest BCUT2D eigenvalue weighted by molar-refractivity contribution is 5.75. The topological polar surface area (TPSA) is 69.6 Å². The van der Waals surface area contributed by atoms with E-state index in [1.807, 2.05) is 42.5 Å². The first-order valence-electron chi connectivity index (χ1n) is 10.6. The van der Waals surface area contributed by atoms with E-state index in [0.717, 1.165) is 24.5 Å². The van der Waals surface area contributed by atoms with E-state index in [0.29, 0.717) is 12.8 Å². The minimum absolute atomic E-state index is 0.00358. The van der Waals surface area contributed by atoms with Crippen LogP contribution < -0.4 is 5.32 Å². The molecule has 0 spiro atoms. The van der Waals surface area contributed by atoms with Gasteiger partial charge in [0.25, 0.3) is 5.92 Å². The second-order valence-electron chi connectivity index (χ2n) is 7.99. The first kappa shape index (κ1) is 24.2. The van der Waals surface area contributed by atoms with Gasteiger partial charge in [0.05, 0.1) is 12.2 Å². The Labute approximate surface area is 177 Å². The number of aliphatic hydroxyl groups is 2. The molecule has 1 aromatic carbocycles. The number of aliphatic hydroxyl groups excluding tert-OH is 2. The van der Waals surface area contributed by atoms with Gasteiger partial charge in [-0.3, -0.25) is 4.79 Å². The molecule has 30 heavy (non-hydrogen) atoms. The number of aryl methyl sites for hydroxylation is 1. The largest absolute Gasteiger partial charge is 0.393 e. The summed E-state index contributed by atoms with van der Waals surface area (Å²) in [4.78, 5) is 11.2. The van der Waals surface area contributed by atoms with Crippen LogP contribution in [0.15, 0.2) is 54.6 Å². The lowest BCUT2D eigenvalue weighted by Crippen LogP contribution is -2.21. The first-order valence-corrected chi connectivity index (χ1v) is 10.6. The number of hydrogen-bond acceptors (Lipinski definition) is 3. The number of alkyl halides is 2. The van der Waals surface area contributed by atoms with Crippen molar-refractivity contribution in [2.24, 2.45) is 11.8 Å². The van der Waals surface area contributed by atoms with Gasteiger partial charge in [-0.05, 0) is 43.2 Å². The van der Waals surface area contributed by atoms with Crippen LogP contribution in [0, 0.1) is 11.8 Å². The standard InChI is InChI=1S/C24H33F2NO3/c1-27-23(30)12-8-3-2-7-11-19-20(22(29)17-21(19)28)14-16-24(25,26)15-13-18-9-5-4-6-10-18/h2,4-7,9-10,14,16,19-22,28-29H,3,8,11-13,15,17H2,1H3,(H,27,30). The summed E-state index contributed by atoms with van der Waals surface area (Å²) in [7, 11) is 1.60. The average molecular weight is 422 g/mol. The molecular weight excluding hydrogens is 388 g/mol. The van der Waals surface area contributed by atoms with Crippen molar-refractivity contribution in [3.63, 3.8) is 0 Å². The van der Waals surface area contributed by atoms with E-state index in [1.165, 1.54) is 6.08 Å². The second kappa shape index (κ2) is 12.0. The third-order valence-corrected chi connectivity index (χ3v) is 5.70. The molecule has 1 aliphatic rings. The van der Waals surface area contributed by atoms with Gasteiger partial charge in [0.15, 0.2) is 0 Å². The maximum Gasteiger partial charge on any atom is 0.266 e. The summed E-state index contributed by atoms with van der Waals surface area (Å²) in [6.07, 6.45) is 7.16. The minimum atomic E-state index is -2.97. The van der Waals surface area contributed by atoms with Crippen LogP contribution in [-0.2, 0) is 11.2 Å². The summed E-state index contributed by atoms with van der Waals surface area (Å²) in [5.74, 6) is -3.77. The van der Waals surface area contributed by atoms with Crippen molar-refractivity contribution in [3.8, 4) is 0 Å². The number of amides is 1. The number of hydrogen-bond donors (Lipinski definition) is 3. The molecular formula is C24H33F2NO3. The van der Waals surface area contributed by atoms with Gasteiger partial charge >= 0.3 is 0 Å². The lowest BCUT2D eigenvalue weighted by atomic mass is 9.89. The van der Waals surface area contributed by atoms with E-state index >= 15 is 0 Å². The number of allylic oxidation sites excluding steroid dienone is 3.